The molecule has 0 radical (unpaired) electrons. The number of carbonyl (C=O) groups excluding carboxylic acids is 3. The molecule has 0 saturated heterocycles. The minimum Gasteiger partial charge on any atom is -0.465 e. The first kappa shape index (κ1) is 18.2. The van der Waals surface area contributed by atoms with Gasteiger partial charge in [0.15, 0.2) is 0 Å². The first-order chi connectivity index (χ1) is 10.5. The summed E-state index contributed by atoms with van der Waals surface area (Å²) in [6.07, 6.45) is 2.16. The maximum absolute atomic E-state index is 12.2. The van der Waals surface area contributed by atoms with E-state index in [1.54, 1.807) is 13.8 Å². The SMILES string of the molecule is CCCCNC(=O)c1sc(NC(=O)CC)c(C(=O)OC)c1C. The fraction of sp³-hybridized carbons (Fsp3) is 0.533. The minimum atomic E-state index is -0.562. The number of hydrogen-bond acceptors (Lipinski definition) is 5. The summed E-state index contributed by atoms with van der Waals surface area (Å²) in [5.41, 5.74) is 0.771. The molecule has 22 heavy (non-hydrogen) atoms. The first-order valence-corrected chi connectivity index (χ1v) is 8.07. The lowest BCUT2D eigenvalue weighted by Crippen LogP contribution is -2.24. The average Bonchev–Trinajstić information content (AvgIpc) is 2.83. The molecule has 1 aromatic rings. The Morgan fingerprint density at radius 2 is 1.91 bits per heavy atom. The third-order valence-corrected chi connectivity index (χ3v) is 4.34. The molecular weight excluding hydrogens is 304 g/mol. The molecule has 0 spiro atoms. The minimum absolute atomic E-state index is 0.218. The second-order valence-corrected chi connectivity index (χ2v) is 5.78. The van der Waals surface area contributed by atoms with Gasteiger partial charge in [0, 0.05) is 13.0 Å². The van der Waals surface area contributed by atoms with Gasteiger partial charge in [-0.25, -0.2) is 4.79 Å². The Balaban J connectivity index is 3.11. The van der Waals surface area contributed by atoms with Crippen molar-refractivity contribution in [1.82, 2.24) is 5.32 Å². The Bertz CT molecular complexity index is 566. The van der Waals surface area contributed by atoms with Crippen LogP contribution in [0.15, 0.2) is 0 Å². The topological polar surface area (TPSA) is 84.5 Å². The van der Waals surface area contributed by atoms with Crippen molar-refractivity contribution in [3.63, 3.8) is 0 Å². The summed E-state index contributed by atoms with van der Waals surface area (Å²) < 4.78 is 4.75. The van der Waals surface area contributed by atoms with Crippen LogP contribution < -0.4 is 10.6 Å². The van der Waals surface area contributed by atoms with Gasteiger partial charge < -0.3 is 15.4 Å². The molecule has 122 valence electrons. The van der Waals surface area contributed by atoms with Crippen LogP contribution in [-0.4, -0.2) is 31.4 Å². The van der Waals surface area contributed by atoms with Crippen molar-refractivity contribution in [2.75, 3.05) is 19.0 Å². The van der Waals surface area contributed by atoms with Crippen molar-refractivity contribution >= 4 is 34.1 Å². The number of rotatable bonds is 7. The van der Waals surface area contributed by atoms with Crippen molar-refractivity contribution in [3.8, 4) is 0 Å². The molecule has 0 bridgehead atoms. The second-order valence-electron chi connectivity index (χ2n) is 4.76. The van der Waals surface area contributed by atoms with Gasteiger partial charge in [0.05, 0.1) is 17.6 Å². The zero-order chi connectivity index (χ0) is 16.7. The molecule has 0 aliphatic rings. The lowest BCUT2D eigenvalue weighted by atomic mass is 10.1. The summed E-state index contributed by atoms with van der Waals surface area (Å²) in [4.78, 5) is 36.1. The Hall–Kier alpha value is -1.89. The quantitative estimate of drug-likeness (QED) is 0.596. The molecule has 7 heteroatoms. The van der Waals surface area contributed by atoms with Gasteiger partial charge >= 0.3 is 5.97 Å². The number of carbonyl (C=O) groups is 3. The zero-order valence-corrected chi connectivity index (χ0v) is 14.2. The molecule has 2 N–H and O–H groups in total. The molecule has 6 nitrogen and oxygen atoms in total. The van der Waals surface area contributed by atoms with Gasteiger partial charge in [-0.2, -0.15) is 0 Å². The molecule has 0 aliphatic carbocycles. The first-order valence-electron chi connectivity index (χ1n) is 7.25. The predicted octanol–water partition coefficient (Wildman–Crippen LogP) is 2.72. The highest BCUT2D eigenvalue weighted by atomic mass is 32.1. The van der Waals surface area contributed by atoms with E-state index in [0.29, 0.717) is 22.0 Å². The maximum atomic E-state index is 12.2. The Morgan fingerprint density at radius 1 is 1.23 bits per heavy atom. The average molecular weight is 326 g/mol. The molecule has 0 aliphatic heterocycles. The van der Waals surface area contributed by atoms with Crippen LogP contribution in [0.4, 0.5) is 5.00 Å². The van der Waals surface area contributed by atoms with Crippen LogP contribution in [0.2, 0.25) is 0 Å². The number of hydrogen-bond donors (Lipinski definition) is 2. The maximum Gasteiger partial charge on any atom is 0.341 e. The molecule has 1 heterocycles. The number of amides is 2. The highest BCUT2D eigenvalue weighted by Gasteiger charge is 2.25. The highest BCUT2D eigenvalue weighted by Crippen LogP contribution is 2.33. The normalized spacial score (nSPS) is 10.2. The summed E-state index contributed by atoms with van der Waals surface area (Å²) in [6.45, 7) is 6.01. The van der Waals surface area contributed by atoms with Gasteiger partial charge in [-0.3, -0.25) is 9.59 Å². The molecular formula is C15H22N2O4S. The van der Waals surface area contributed by atoms with E-state index in [2.05, 4.69) is 10.6 Å². The number of thiophene rings is 1. The Kier molecular flexibility index (Phi) is 7.04. The van der Waals surface area contributed by atoms with Gasteiger partial charge in [-0.1, -0.05) is 20.3 Å². The van der Waals surface area contributed by atoms with E-state index in [4.69, 9.17) is 4.74 Å². The van der Waals surface area contributed by atoms with E-state index in [1.807, 2.05) is 6.92 Å². The number of ether oxygens (including phenoxy) is 1. The molecule has 0 saturated carbocycles. The van der Waals surface area contributed by atoms with Gasteiger partial charge in [-0.05, 0) is 18.9 Å². The van der Waals surface area contributed by atoms with Gasteiger partial charge in [0.2, 0.25) is 5.91 Å². The highest BCUT2D eigenvalue weighted by molar-refractivity contribution is 7.18. The van der Waals surface area contributed by atoms with Crippen molar-refractivity contribution in [2.24, 2.45) is 0 Å². The molecule has 0 atom stereocenters. The van der Waals surface area contributed by atoms with Crippen LogP contribution in [0.3, 0.4) is 0 Å². The smallest absolute Gasteiger partial charge is 0.341 e. The monoisotopic (exact) mass is 326 g/mol. The number of nitrogens with one attached hydrogen (secondary N) is 2. The van der Waals surface area contributed by atoms with E-state index in [0.717, 1.165) is 24.2 Å². The van der Waals surface area contributed by atoms with E-state index in [-0.39, 0.29) is 23.8 Å². The van der Waals surface area contributed by atoms with Crippen molar-refractivity contribution in [2.45, 2.75) is 40.0 Å². The lowest BCUT2D eigenvalue weighted by molar-refractivity contribution is -0.115. The summed E-state index contributed by atoms with van der Waals surface area (Å²) in [5.74, 6) is -1.02. The number of unbranched alkanes of at least 4 members (excludes halogenated alkanes) is 1. The van der Waals surface area contributed by atoms with Crippen molar-refractivity contribution < 1.29 is 19.1 Å². The summed E-state index contributed by atoms with van der Waals surface area (Å²) in [7, 11) is 1.27. The third-order valence-electron chi connectivity index (χ3n) is 3.13. The third kappa shape index (κ3) is 4.30. The van der Waals surface area contributed by atoms with Gasteiger partial charge in [0.25, 0.3) is 5.91 Å². The molecule has 2 amide bonds. The fourth-order valence-corrected chi connectivity index (χ4v) is 2.97. The van der Waals surface area contributed by atoms with Gasteiger partial charge in [0.1, 0.15) is 5.00 Å². The van der Waals surface area contributed by atoms with Crippen LogP contribution in [0, 0.1) is 6.92 Å². The van der Waals surface area contributed by atoms with E-state index < -0.39 is 5.97 Å². The molecule has 0 fully saturated rings. The van der Waals surface area contributed by atoms with Crippen LogP contribution >= 0.6 is 11.3 Å². The van der Waals surface area contributed by atoms with Crippen LogP contribution in [0.1, 0.15) is 58.7 Å². The zero-order valence-electron chi connectivity index (χ0n) is 13.4. The van der Waals surface area contributed by atoms with Crippen LogP contribution in [-0.2, 0) is 9.53 Å². The Labute approximate surface area is 134 Å². The largest absolute Gasteiger partial charge is 0.465 e. The summed E-state index contributed by atoms with van der Waals surface area (Å²) in [5, 5.41) is 5.83. The van der Waals surface area contributed by atoms with E-state index in [9.17, 15) is 14.4 Å². The number of methoxy groups -OCH3 is 1. The standard InChI is InChI=1S/C15H22N2O4S/c1-5-7-8-16-13(19)12-9(3)11(15(20)21-4)14(22-12)17-10(18)6-2/h5-8H2,1-4H3,(H,16,19)(H,17,18). The van der Waals surface area contributed by atoms with Crippen molar-refractivity contribution in [3.05, 3.63) is 16.0 Å². The van der Waals surface area contributed by atoms with Gasteiger partial charge in [-0.15, -0.1) is 11.3 Å². The van der Waals surface area contributed by atoms with Crippen molar-refractivity contribution in [1.29, 1.82) is 0 Å². The Morgan fingerprint density at radius 3 is 2.45 bits per heavy atom. The van der Waals surface area contributed by atoms with Crippen LogP contribution in [0.25, 0.3) is 0 Å². The predicted molar refractivity (Wildman–Crippen MR) is 86.6 cm³/mol. The molecule has 0 unspecified atom stereocenters. The second kappa shape index (κ2) is 8.53. The van der Waals surface area contributed by atoms with Crippen LogP contribution in [0.5, 0.6) is 0 Å². The summed E-state index contributed by atoms with van der Waals surface area (Å²) in [6, 6.07) is 0. The number of anilines is 1. The van der Waals surface area contributed by atoms with E-state index >= 15 is 0 Å². The summed E-state index contributed by atoms with van der Waals surface area (Å²) >= 11 is 1.09. The van der Waals surface area contributed by atoms with E-state index in [1.165, 1.54) is 7.11 Å². The molecule has 1 aromatic heterocycles. The fourth-order valence-electron chi connectivity index (χ4n) is 1.84. The lowest BCUT2D eigenvalue weighted by Gasteiger charge is -2.04. The number of esters is 1. The molecule has 1 rings (SSSR count). The molecule has 0 aromatic carbocycles.